The van der Waals surface area contributed by atoms with Gasteiger partial charge >= 0.3 is 0 Å². The fraction of sp³-hybridized carbons (Fsp3) is 0.235. The summed E-state index contributed by atoms with van der Waals surface area (Å²) in [6, 6.07) is 7.82. The smallest absolute Gasteiger partial charge is 0.250 e. The predicted octanol–water partition coefficient (Wildman–Crippen LogP) is 4.61. The number of aromatic nitrogens is 2. The number of nitrogens with one attached hydrogen (secondary N) is 1. The molecule has 0 saturated carbocycles. The Balaban J connectivity index is 1.76. The number of hydrogen-bond donors (Lipinski definition) is 1. The molecule has 3 rings (SSSR count). The number of anilines is 1. The molecule has 0 spiro atoms. The summed E-state index contributed by atoms with van der Waals surface area (Å²) in [7, 11) is 0. The maximum atomic E-state index is 12.1. The third-order valence-electron chi connectivity index (χ3n) is 3.34. The normalized spacial score (nSPS) is 11.4. The van der Waals surface area contributed by atoms with Crippen LogP contribution in [0.4, 0.5) is 5.13 Å². The van der Waals surface area contributed by atoms with Gasteiger partial charge in [0, 0.05) is 23.4 Å². The highest BCUT2D eigenvalue weighted by Gasteiger charge is 2.11. The van der Waals surface area contributed by atoms with Gasteiger partial charge in [0.25, 0.3) is 0 Å². The number of carbonyl (C=O) groups excluding carboxylic acids is 1. The maximum Gasteiger partial charge on any atom is 0.250 e. The molecule has 1 N–H and O–H groups in total. The highest BCUT2D eigenvalue weighted by Crippen LogP contribution is 2.28. The number of benzene rings is 1. The van der Waals surface area contributed by atoms with Gasteiger partial charge in [0.1, 0.15) is 11.3 Å². The molecule has 2 heterocycles. The van der Waals surface area contributed by atoms with Gasteiger partial charge in [-0.2, -0.15) is 0 Å². The molecule has 0 radical (unpaired) electrons. The van der Waals surface area contributed by atoms with Crippen LogP contribution in [0.25, 0.3) is 17.0 Å². The second-order valence-corrected chi connectivity index (χ2v) is 7.41. The van der Waals surface area contributed by atoms with E-state index in [0.717, 1.165) is 38.8 Å². The van der Waals surface area contributed by atoms with Crippen molar-refractivity contribution in [2.24, 2.45) is 0 Å². The fourth-order valence-corrected chi connectivity index (χ4v) is 3.96. The number of thioether (sulfide) groups is 1. The van der Waals surface area contributed by atoms with Gasteiger partial charge in [0.05, 0.1) is 0 Å². The molecular weight excluding hydrogens is 342 g/mol. The average molecular weight is 359 g/mol. The van der Waals surface area contributed by atoms with Crippen molar-refractivity contribution < 1.29 is 9.21 Å². The van der Waals surface area contributed by atoms with Crippen molar-refractivity contribution in [1.82, 2.24) is 10.2 Å². The molecule has 0 aliphatic rings. The van der Waals surface area contributed by atoms with Crippen molar-refractivity contribution in [1.29, 1.82) is 0 Å². The molecule has 1 aromatic carbocycles. The van der Waals surface area contributed by atoms with E-state index < -0.39 is 0 Å². The monoisotopic (exact) mass is 359 g/mol. The van der Waals surface area contributed by atoms with Crippen LogP contribution in [0.1, 0.15) is 25.2 Å². The zero-order valence-corrected chi connectivity index (χ0v) is 15.0. The van der Waals surface area contributed by atoms with Gasteiger partial charge in [0.15, 0.2) is 4.34 Å². The molecule has 3 aromatic rings. The summed E-state index contributed by atoms with van der Waals surface area (Å²) in [6.45, 7) is 4.08. The quantitative estimate of drug-likeness (QED) is 0.395. The number of aryl methyl sites for hydroxylation is 1. The Labute approximate surface area is 148 Å². The predicted molar refractivity (Wildman–Crippen MR) is 99.6 cm³/mol. The molecule has 0 saturated heterocycles. The van der Waals surface area contributed by atoms with Gasteiger partial charge in [-0.15, -0.1) is 10.2 Å². The van der Waals surface area contributed by atoms with Crippen LogP contribution in [-0.4, -0.2) is 21.9 Å². The summed E-state index contributed by atoms with van der Waals surface area (Å²) < 4.78 is 6.68. The lowest BCUT2D eigenvalue weighted by Gasteiger charge is -1.96. The van der Waals surface area contributed by atoms with Crippen molar-refractivity contribution in [3.8, 4) is 0 Å². The van der Waals surface area contributed by atoms with E-state index in [-0.39, 0.29) is 5.91 Å². The fourth-order valence-electron chi connectivity index (χ4n) is 2.31. The highest BCUT2D eigenvalue weighted by molar-refractivity contribution is 8.01. The lowest BCUT2D eigenvalue weighted by atomic mass is 10.1. The Morgan fingerprint density at radius 1 is 1.33 bits per heavy atom. The second-order valence-electron chi connectivity index (χ2n) is 4.92. The lowest BCUT2D eigenvalue weighted by Crippen LogP contribution is -2.07. The van der Waals surface area contributed by atoms with Crippen LogP contribution in [0.3, 0.4) is 0 Å². The molecule has 0 aliphatic carbocycles. The van der Waals surface area contributed by atoms with E-state index in [9.17, 15) is 4.79 Å². The van der Waals surface area contributed by atoms with E-state index in [1.165, 1.54) is 17.4 Å². The Morgan fingerprint density at radius 3 is 2.96 bits per heavy atom. The van der Waals surface area contributed by atoms with Crippen LogP contribution >= 0.6 is 23.1 Å². The summed E-state index contributed by atoms with van der Waals surface area (Å²) in [5.41, 5.74) is 1.78. The van der Waals surface area contributed by atoms with Gasteiger partial charge in [-0.1, -0.05) is 55.1 Å². The van der Waals surface area contributed by atoms with E-state index >= 15 is 0 Å². The third kappa shape index (κ3) is 3.68. The number of amides is 1. The topological polar surface area (TPSA) is 68.0 Å². The van der Waals surface area contributed by atoms with Crippen LogP contribution in [0.5, 0.6) is 0 Å². The number of hydrogen-bond acceptors (Lipinski definition) is 6. The van der Waals surface area contributed by atoms with E-state index in [1.807, 2.05) is 38.1 Å². The van der Waals surface area contributed by atoms with E-state index in [4.69, 9.17) is 4.42 Å². The minimum Gasteiger partial charge on any atom is -0.460 e. The summed E-state index contributed by atoms with van der Waals surface area (Å²) in [6.07, 6.45) is 4.07. The van der Waals surface area contributed by atoms with Gasteiger partial charge in [-0.3, -0.25) is 10.1 Å². The summed E-state index contributed by atoms with van der Waals surface area (Å²) in [4.78, 5) is 12.1. The second kappa shape index (κ2) is 7.63. The zero-order valence-electron chi connectivity index (χ0n) is 13.4. The highest BCUT2D eigenvalue weighted by atomic mass is 32.2. The van der Waals surface area contributed by atoms with Crippen molar-refractivity contribution in [2.75, 3.05) is 11.1 Å². The number of para-hydroxylation sites is 1. The average Bonchev–Trinajstić information content (AvgIpc) is 3.17. The Kier molecular flexibility index (Phi) is 5.32. The summed E-state index contributed by atoms with van der Waals surface area (Å²) in [5, 5.41) is 12.2. The first-order valence-electron chi connectivity index (χ1n) is 7.67. The Hall–Kier alpha value is -2.12. The van der Waals surface area contributed by atoms with Crippen LogP contribution in [0.2, 0.25) is 0 Å². The molecule has 5 nitrogen and oxygen atoms in total. The van der Waals surface area contributed by atoms with E-state index in [0.29, 0.717) is 5.13 Å². The molecule has 7 heteroatoms. The van der Waals surface area contributed by atoms with Crippen LogP contribution in [0.15, 0.2) is 39.1 Å². The van der Waals surface area contributed by atoms with Gasteiger partial charge < -0.3 is 4.42 Å². The SMILES string of the molecule is CCSc1nnc(NC(=O)C=Cc2c(CC)oc3ccccc23)s1. The third-order valence-corrected chi connectivity index (χ3v) is 5.19. The van der Waals surface area contributed by atoms with Gasteiger partial charge in [0.2, 0.25) is 11.0 Å². The van der Waals surface area contributed by atoms with Crippen molar-refractivity contribution in [2.45, 2.75) is 24.6 Å². The molecule has 0 unspecified atom stereocenters. The minimum absolute atomic E-state index is 0.230. The van der Waals surface area contributed by atoms with E-state index in [1.54, 1.807) is 17.8 Å². The Morgan fingerprint density at radius 2 is 2.17 bits per heavy atom. The first-order chi connectivity index (χ1) is 11.7. The van der Waals surface area contributed by atoms with Crippen molar-refractivity contribution in [3.63, 3.8) is 0 Å². The lowest BCUT2D eigenvalue weighted by molar-refractivity contribution is -0.111. The maximum absolute atomic E-state index is 12.1. The van der Waals surface area contributed by atoms with Crippen LogP contribution in [-0.2, 0) is 11.2 Å². The summed E-state index contributed by atoms with van der Waals surface area (Å²) in [5.74, 6) is 1.57. The number of nitrogens with zero attached hydrogens (tertiary/aromatic N) is 2. The van der Waals surface area contributed by atoms with E-state index in [2.05, 4.69) is 15.5 Å². The number of rotatable bonds is 6. The van der Waals surface area contributed by atoms with Crippen molar-refractivity contribution >= 4 is 51.2 Å². The van der Waals surface area contributed by atoms with Crippen LogP contribution < -0.4 is 5.32 Å². The number of furan rings is 1. The first-order valence-corrected chi connectivity index (χ1v) is 9.47. The largest absolute Gasteiger partial charge is 0.460 e. The molecule has 2 aromatic heterocycles. The van der Waals surface area contributed by atoms with Crippen LogP contribution in [0, 0.1) is 0 Å². The molecule has 0 fully saturated rings. The molecule has 0 atom stereocenters. The molecule has 1 amide bonds. The Bertz CT molecular complexity index is 883. The van der Waals surface area contributed by atoms with Gasteiger partial charge in [-0.25, -0.2) is 0 Å². The summed E-state index contributed by atoms with van der Waals surface area (Å²) >= 11 is 2.98. The molecule has 0 bridgehead atoms. The zero-order chi connectivity index (χ0) is 16.9. The standard InChI is InChI=1S/C17H17N3O2S2/c1-3-13-12(11-7-5-6-8-14(11)22-13)9-10-15(21)18-16-19-20-17(24-16)23-4-2/h5-10H,3-4H2,1-2H3,(H,18,19,21). The molecular formula is C17H17N3O2S2. The number of carbonyl (C=O) groups is 1. The molecule has 24 heavy (non-hydrogen) atoms. The van der Waals surface area contributed by atoms with Gasteiger partial charge in [-0.05, 0) is 17.9 Å². The number of fused-ring (bicyclic) bond motifs is 1. The first kappa shape index (κ1) is 16.7. The minimum atomic E-state index is -0.230. The van der Waals surface area contributed by atoms with Crippen molar-refractivity contribution in [3.05, 3.63) is 41.7 Å². The molecule has 0 aliphatic heterocycles. The molecule has 124 valence electrons.